The maximum atomic E-state index is 13.0. The minimum Gasteiger partial charge on any atom is -0.493 e. The Labute approximate surface area is 333 Å². The molecule has 0 aliphatic carbocycles. The minimum absolute atomic E-state index is 0.00186. The van der Waals surface area contributed by atoms with Gasteiger partial charge in [0, 0.05) is 71.9 Å². The number of piperazine rings is 1. The molecule has 2 N–H and O–H groups in total. The first-order valence-electron chi connectivity index (χ1n) is 17.3. The molecular weight excluding hydrogens is 801 g/mol. The number of carbonyl (C=O) groups is 1. The van der Waals surface area contributed by atoms with E-state index in [1.54, 1.807) is 55.8 Å². The zero-order valence-electron chi connectivity index (χ0n) is 30.7. The highest BCUT2D eigenvalue weighted by molar-refractivity contribution is 7.93. The normalized spacial score (nSPS) is 13.9. The molecule has 296 valence electrons. The van der Waals surface area contributed by atoms with E-state index in [2.05, 4.69) is 26.6 Å². The Hall–Kier alpha value is -4.82. The van der Waals surface area contributed by atoms with Crippen LogP contribution in [0.3, 0.4) is 0 Å². The zero-order chi connectivity index (χ0) is 39.9. The molecule has 4 heterocycles. The van der Waals surface area contributed by atoms with Gasteiger partial charge in [-0.2, -0.15) is 8.42 Å². The number of thiophene rings is 2. The van der Waals surface area contributed by atoms with E-state index in [0.29, 0.717) is 45.9 Å². The van der Waals surface area contributed by atoms with Crippen LogP contribution in [0.1, 0.15) is 16.1 Å². The third kappa shape index (κ3) is 9.94. The predicted octanol–water partition coefficient (Wildman–Crippen LogP) is 6.85. The second kappa shape index (κ2) is 18.0. The number of carbonyl (C=O) groups excluding carboxylic acids is 1. The summed E-state index contributed by atoms with van der Waals surface area (Å²) in [4.78, 5) is 21.1. The first-order chi connectivity index (χ1) is 26.9. The Morgan fingerprint density at radius 2 is 1.66 bits per heavy atom. The fourth-order valence-electron chi connectivity index (χ4n) is 5.90. The Morgan fingerprint density at radius 3 is 2.41 bits per heavy atom. The Morgan fingerprint density at radius 1 is 0.875 bits per heavy atom. The van der Waals surface area contributed by atoms with Crippen molar-refractivity contribution >= 4 is 75.5 Å². The van der Waals surface area contributed by atoms with Gasteiger partial charge in [0.15, 0.2) is 11.5 Å². The van der Waals surface area contributed by atoms with Crippen LogP contribution >= 0.6 is 22.7 Å². The smallest absolute Gasteiger partial charge is 0.349 e. The fourth-order valence-corrected chi connectivity index (χ4v) is 10.3. The lowest BCUT2D eigenvalue weighted by Crippen LogP contribution is -2.44. The summed E-state index contributed by atoms with van der Waals surface area (Å²) in [5.41, 5.74) is 0.930. The van der Waals surface area contributed by atoms with Crippen LogP contribution in [0, 0.1) is 0 Å². The molecule has 0 saturated carbocycles. The van der Waals surface area contributed by atoms with E-state index < -0.39 is 26.1 Å². The molecule has 18 heteroatoms. The molecule has 1 aliphatic rings. The van der Waals surface area contributed by atoms with Gasteiger partial charge >= 0.3 is 5.97 Å². The number of methoxy groups -OCH3 is 2. The van der Waals surface area contributed by atoms with Crippen LogP contribution in [0.25, 0.3) is 21.0 Å². The topological polar surface area (TPSA) is 174 Å². The van der Waals surface area contributed by atoms with Crippen LogP contribution in [0.2, 0.25) is 0 Å². The summed E-state index contributed by atoms with van der Waals surface area (Å²) >= 11 is 2.30. The number of likely N-dealkylation sites (N-methyl/N-ethyl adjacent to an activating group) is 1. The number of rotatable bonds is 13. The van der Waals surface area contributed by atoms with Gasteiger partial charge < -0.3 is 28.7 Å². The van der Waals surface area contributed by atoms with E-state index in [1.165, 1.54) is 35.3 Å². The van der Waals surface area contributed by atoms with Gasteiger partial charge in [-0.05, 0) is 55.2 Å². The van der Waals surface area contributed by atoms with Crippen LogP contribution in [-0.2, 0) is 24.9 Å². The van der Waals surface area contributed by atoms with Crippen LogP contribution < -0.4 is 18.9 Å². The average molecular weight is 841 g/mol. The average Bonchev–Trinajstić information content (AvgIpc) is 3.86. The molecule has 56 heavy (non-hydrogen) atoms. The Bertz CT molecular complexity index is 2530. The van der Waals surface area contributed by atoms with E-state index in [4.69, 9.17) is 23.5 Å². The van der Waals surface area contributed by atoms with Gasteiger partial charge in [0.2, 0.25) is 0 Å². The lowest BCUT2D eigenvalue weighted by Gasteiger charge is -2.32. The van der Waals surface area contributed by atoms with Crippen molar-refractivity contribution in [3.8, 4) is 23.0 Å². The van der Waals surface area contributed by atoms with Crippen molar-refractivity contribution in [3.63, 3.8) is 0 Å². The lowest BCUT2D eigenvalue weighted by atomic mass is 10.1. The minimum atomic E-state index is -4.08. The van der Waals surface area contributed by atoms with Gasteiger partial charge in [-0.15, -0.1) is 22.7 Å². The Balaban J connectivity index is 0.000000343. The zero-order valence-corrected chi connectivity index (χ0v) is 34.0. The molecule has 0 spiro atoms. The molecule has 3 aromatic carbocycles. The van der Waals surface area contributed by atoms with Crippen molar-refractivity contribution in [1.29, 1.82) is 0 Å². The molecule has 0 unspecified atom stereocenters. The van der Waals surface area contributed by atoms with E-state index in [1.807, 2.05) is 24.3 Å². The highest BCUT2D eigenvalue weighted by Gasteiger charge is 2.25. The van der Waals surface area contributed by atoms with Crippen LogP contribution in [0.4, 0.5) is 5.69 Å². The number of hydrogen-bond acceptors (Lipinski definition) is 14. The summed E-state index contributed by atoms with van der Waals surface area (Å²) in [6.07, 6.45) is 2.54. The third-order valence-corrected chi connectivity index (χ3v) is 13.2. The molecule has 0 bridgehead atoms. The second-order valence-electron chi connectivity index (χ2n) is 12.6. The maximum Gasteiger partial charge on any atom is 0.349 e. The van der Waals surface area contributed by atoms with Crippen molar-refractivity contribution in [3.05, 3.63) is 94.6 Å². The molecule has 3 aromatic heterocycles. The summed E-state index contributed by atoms with van der Waals surface area (Å²) in [5.74, 6) is 1.36. The standard InChI is InChI=1S/C30H34N4O7S2.C8H6O3S2/c1-33-12-14-34(15-13-33)11-5-16-40-27-20-24-23(19-26(27)38-2)25(8-10-31-24)41-22-7-4-6-21(18-22)32-43(36,37)28-9-17-42-29(28)30(35)39-3;9-13(10,11)8-5-12-7-4-2-1-3-6(7)8/h4,6-10,17-20,32H,5,11-16H2,1-3H3;1-5H,(H,9,10,11). The molecular formula is C38H40N4O10S4. The van der Waals surface area contributed by atoms with Gasteiger partial charge in [0.25, 0.3) is 20.1 Å². The number of ether oxygens (including phenoxy) is 4. The molecule has 1 fully saturated rings. The van der Waals surface area contributed by atoms with Crippen molar-refractivity contribution in [2.75, 3.05) is 65.3 Å². The largest absolute Gasteiger partial charge is 0.493 e. The Kier molecular flexibility index (Phi) is 13.1. The van der Waals surface area contributed by atoms with Crippen molar-refractivity contribution in [2.24, 2.45) is 0 Å². The van der Waals surface area contributed by atoms with E-state index in [0.717, 1.165) is 55.2 Å². The number of nitrogens with one attached hydrogen (secondary N) is 1. The summed E-state index contributed by atoms with van der Waals surface area (Å²) < 4.78 is 82.7. The van der Waals surface area contributed by atoms with Crippen LogP contribution in [0.5, 0.6) is 23.0 Å². The summed E-state index contributed by atoms with van der Waals surface area (Å²) in [6, 6.07) is 20.3. The van der Waals surface area contributed by atoms with Gasteiger partial charge in [0.05, 0.1) is 32.0 Å². The van der Waals surface area contributed by atoms with E-state index >= 15 is 0 Å². The number of benzene rings is 3. The quantitative estimate of drug-likeness (QED) is 0.0703. The molecule has 1 saturated heterocycles. The third-order valence-electron chi connectivity index (χ3n) is 8.79. The van der Waals surface area contributed by atoms with Crippen LogP contribution in [0.15, 0.2) is 99.5 Å². The van der Waals surface area contributed by atoms with Crippen molar-refractivity contribution in [1.82, 2.24) is 14.8 Å². The number of aromatic nitrogens is 1. The van der Waals surface area contributed by atoms with Gasteiger partial charge in [-0.25, -0.2) is 13.2 Å². The predicted molar refractivity (Wildman–Crippen MR) is 217 cm³/mol. The maximum absolute atomic E-state index is 13.0. The van der Waals surface area contributed by atoms with E-state index in [-0.39, 0.29) is 20.4 Å². The fraction of sp³-hybridized carbons (Fsp3) is 0.263. The van der Waals surface area contributed by atoms with Gasteiger partial charge in [0.1, 0.15) is 26.2 Å². The highest BCUT2D eigenvalue weighted by atomic mass is 32.2. The van der Waals surface area contributed by atoms with Gasteiger partial charge in [-0.1, -0.05) is 24.3 Å². The number of nitrogens with zero attached hydrogens (tertiary/aromatic N) is 3. The van der Waals surface area contributed by atoms with Crippen molar-refractivity contribution < 1.29 is 45.1 Å². The number of anilines is 1. The molecule has 0 radical (unpaired) electrons. The SMILES string of the molecule is COC(=O)c1sccc1S(=O)(=O)Nc1cccc(Oc2ccnc3cc(OCCCN4CCN(C)CC4)c(OC)cc23)c1.O=S(=O)(O)c1csc2ccccc12. The molecule has 0 atom stereocenters. The van der Waals surface area contributed by atoms with Crippen LogP contribution in [-0.4, -0.2) is 103 Å². The summed E-state index contributed by atoms with van der Waals surface area (Å²) in [5, 5.41) is 4.25. The molecule has 1 aliphatic heterocycles. The number of sulfonamides is 1. The molecule has 0 amide bonds. The molecule has 14 nitrogen and oxygen atoms in total. The van der Waals surface area contributed by atoms with Crippen molar-refractivity contribution in [2.45, 2.75) is 16.2 Å². The number of hydrogen-bond donors (Lipinski definition) is 2. The first-order valence-corrected chi connectivity index (χ1v) is 21.9. The highest BCUT2D eigenvalue weighted by Crippen LogP contribution is 2.38. The lowest BCUT2D eigenvalue weighted by molar-refractivity contribution is 0.0602. The number of fused-ring (bicyclic) bond motifs is 2. The summed E-state index contributed by atoms with van der Waals surface area (Å²) in [6.45, 7) is 5.85. The number of pyridine rings is 1. The second-order valence-corrected chi connectivity index (χ2v) is 17.5. The monoisotopic (exact) mass is 840 g/mol. The van der Waals surface area contributed by atoms with Gasteiger partial charge in [-0.3, -0.25) is 14.3 Å². The molecule has 7 rings (SSSR count). The molecule has 6 aromatic rings. The number of esters is 1. The summed E-state index contributed by atoms with van der Waals surface area (Å²) in [7, 11) is -3.19. The van der Waals surface area contributed by atoms with E-state index in [9.17, 15) is 21.6 Å². The first kappa shape index (κ1) is 40.8.